The average molecular weight is 396 g/mol. The van der Waals surface area contributed by atoms with E-state index < -0.39 is 15.8 Å². The van der Waals surface area contributed by atoms with Crippen molar-refractivity contribution in [3.05, 3.63) is 63.6 Å². The monoisotopic (exact) mass is 395 g/mol. The van der Waals surface area contributed by atoms with E-state index in [1.165, 1.54) is 43.5 Å². The van der Waals surface area contributed by atoms with Crippen LogP contribution in [-0.2, 0) is 10.0 Å². The van der Waals surface area contributed by atoms with Gasteiger partial charge in [0, 0.05) is 5.02 Å². The molecule has 3 aromatic rings. The minimum atomic E-state index is -3.77. The van der Waals surface area contributed by atoms with E-state index >= 15 is 0 Å². The summed E-state index contributed by atoms with van der Waals surface area (Å²) in [6, 6.07) is 10.5. The zero-order chi connectivity index (χ0) is 18.9. The van der Waals surface area contributed by atoms with Gasteiger partial charge in [-0.25, -0.2) is 13.2 Å². The van der Waals surface area contributed by atoms with Crippen molar-refractivity contribution in [1.82, 2.24) is 9.78 Å². The van der Waals surface area contributed by atoms with Crippen LogP contribution in [0.2, 0.25) is 5.02 Å². The number of sulfonamides is 1. The lowest BCUT2D eigenvalue weighted by Crippen LogP contribution is -2.15. The number of anilines is 1. The summed E-state index contributed by atoms with van der Waals surface area (Å²) in [6.45, 7) is 1.70. The Kier molecular flexibility index (Phi) is 4.75. The van der Waals surface area contributed by atoms with Crippen molar-refractivity contribution >= 4 is 27.3 Å². The highest BCUT2D eigenvalue weighted by Gasteiger charge is 2.16. The zero-order valence-electron chi connectivity index (χ0n) is 13.8. The normalized spacial score (nSPS) is 11.3. The van der Waals surface area contributed by atoms with Crippen LogP contribution in [0.25, 0.3) is 5.69 Å². The number of methoxy groups -OCH3 is 1. The molecule has 2 aromatic carbocycles. The van der Waals surface area contributed by atoms with Crippen LogP contribution < -0.4 is 15.2 Å². The third kappa shape index (κ3) is 3.58. The highest BCUT2D eigenvalue weighted by molar-refractivity contribution is 7.92. The number of nitrogens with one attached hydrogen (secondary N) is 1. The Morgan fingerprint density at radius 3 is 2.46 bits per heavy atom. The van der Waals surface area contributed by atoms with Crippen LogP contribution in [0.4, 0.5) is 5.69 Å². The second-order valence-corrected chi connectivity index (χ2v) is 7.43. The molecular formula is C16H14ClN3O5S. The Hall–Kier alpha value is -2.78. The summed E-state index contributed by atoms with van der Waals surface area (Å²) in [5.41, 5.74) is 1.37. The molecule has 26 heavy (non-hydrogen) atoms. The van der Waals surface area contributed by atoms with Gasteiger partial charge in [0.2, 0.25) is 0 Å². The van der Waals surface area contributed by atoms with Gasteiger partial charge in [0.25, 0.3) is 10.0 Å². The van der Waals surface area contributed by atoms with Gasteiger partial charge in [0.15, 0.2) is 0 Å². The summed E-state index contributed by atoms with van der Waals surface area (Å²) in [5, 5.41) is 4.31. The van der Waals surface area contributed by atoms with E-state index in [0.29, 0.717) is 22.0 Å². The maximum absolute atomic E-state index is 12.5. The van der Waals surface area contributed by atoms with Gasteiger partial charge in [0.1, 0.15) is 0 Å². The Balaban J connectivity index is 1.91. The summed E-state index contributed by atoms with van der Waals surface area (Å²) in [5.74, 6) is -0.712. The van der Waals surface area contributed by atoms with Gasteiger partial charge in [-0.3, -0.25) is 4.72 Å². The van der Waals surface area contributed by atoms with Crippen molar-refractivity contribution < 1.29 is 17.6 Å². The van der Waals surface area contributed by atoms with E-state index in [-0.39, 0.29) is 11.0 Å². The Morgan fingerprint density at radius 1 is 1.19 bits per heavy atom. The van der Waals surface area contributed by atoms with Crippen LogP contribution in [0.3, 0.4) is 0 Å². The first-order valence-corrected chi connectivity index (χ1v) is 9.20. The number of benzene rings is 2. The largest absolute Gasteiger partial charge is 0.452 e. The van der Waals surface area contributed by atoms with E-state index in [1.807, 2.05) is 0 Å². The molecule has 0 aliphatic carbocycles. The van der Waals surface area contributed by atoms with Crippen molar-refractivity contribution in [3.8, 4) is 11.8 Å². The number of nitrogens with zero attached hydrogens (tertiary/aromatic N) is 2. The molecule has 1 N–H and O–H groups in total. The first-order chi connectivity index (χ1) is 12.3. The van der Waals surface area contributed by atoms with Crippen LogP contribution in [0.1, 0.15) is 5.56 Å². The van der Waals surface area contributed by atoms with E-state index in [0.717, 1.165) is 4.68 Å². The molecule has 0 spiro atoms. The van der Waals surface area contributed by atoms with Gasteiger partial charge < -0.3 is 9.15 Å². The van der Waals surface area contributed by atoms with Crippen molar-refractivity contribution in [2.75, 3.05) is 11.8 Å². The fourth-order valence-electron chi connectivity index (χ4n) is 2.22. The fraction of sp³-hybridized carbons (Fsp3) is 0.125. The summed E-state index contributed by atoms with van der Waals surface area (Å²) in [7, 11) is -2.44. The van der Waals surface area contributed by atoms with Crippen LogP contribution >= 0.6 is 11.6 Å². The predicted molar refractivity (Wildman–Crippen MR) is 95.6 cm³/mol. The molecule has 136 valence electrons. The van der Waals surface area contributed by atoms with E-state index in [9.17, 15) is 13.2 Å². The minimum Gasteiger partial charge on any atom is -0.452 e. The standard InChI is InChI=1S/C16H14ClN3O5S/c1-10-9-12(20-16(21)25-15(18-20)24-2)5-8-14(10)19-26(22,23)13-6-3-11(17)4-7-13/h3-9,19H,1-2H3. The smallest absolute Gasteiger partial charge is 0.444 e. The van der Waals surface area contributed by atoms with Gasteiger partial charge >= 0.3 is 11.8 Å². The minimum absolute atomic E-state index is 0.0860. The number of ether oxygens (including phenoxy) is 1. The maximum Gasteiger partial charge on any atom is 0.444 e. The van der Waals surface area contributed by atoms with Crippen LogP contribution in [0, 0.1) is 6.92 Å². The van der Waals surface area contributed by atoms with Gasteiger partial charge in [-0.1, -0.05) is 16.7 Å². The SMILES string of the molecule is COc1nn(-c2ccc(NS(=O)(=O)c3ccc(Cl)cc3)c(C)c2)c(=O)o1. The Morgan fingerprint density at radius 2 is 1.88 bits per heavy atom. The van der Waals surface area contributed by atoms with Crippen molar-refractivity contribution in [1.29, 1.82) is 0 Å². The molecule has 0 saturated carbocycles. The zero-order valence-corrected chi connectivity index (χ0v) is 15.3. The van der Waals surface area contributed by atoms with Crippen LogP contribution in [0.15, 0.2) is 56.6 Å². The van der Waals surface area contributed by atoms with Gasteiger partial charge in [-0.2, -0.15) is 4.68 Å². The summed E-state index contributed by atoms with van der Waals surface area (Å²) >= 11 is 5.78. The average Bonchev–Trinajstić information content (AvgIpc) is 2.98. The number of rotatable bonds is 5. The number of aryl methyl sites for hydroxylation is 1. The second-order valence-electron chi connectivity index (χ2n) is 5.31. The van der Waals surface area contributed by atoms with Crippen LogP contribution in [0.5, 0.6) is 6.08 Å². The lowest BCUT2D eigenvalue weighted by Gasteiger charge is -2.11. The molecule has 0 bridgehead atoms. The maximum atomic E-state index is 12.5. The molecule has 0 unspecified atom stereocenters. The molecule has 0 aliphatic rings. The topological polar surface area (TPSA) is 103 Å². The molecule has 10 heteroatoms. The molecule has 0 radical (unpaired) electrons. The Labute approximate surface area is 154 Å². The quantitative estimate of drug-likeness (QED) is 0.712. The molecule has 1 heterocycles. The lowest BCUT2D eigenvalue weighted by molar-refractivity contribution is 0.282. The molecule has 0 fully saturated rings. The second kappa shape index (κ2) is 6.85. The summed E-state index contributed by atoms with van der Waals surface area (Å²) < 4.78 is 38.0. The fourth-order valence-corrected chi connectivity index (χ4v) is 3.47. The van der Waals surface area contributed by atoms with Gasteiger partial charge in [-0.05, 0) is 55.0 Å². The van der Waals surface area contributed by atoms with E-state index in [2.05, 4.69) is 9.82 Å². The van der Waals surface area contributed by atoms with Crippen molar-refractivity contribution in [3.63, 3.8) is 0 Å². The molecule has 3 rings (SSSR count). The van der Waals surface area contributed by atoms with E-state index in [4.69, 9.17) is 20.8 Å². The molecule has 0 aliphatic heterocycles. The lowest BCUT2D eigenvalue weighted by atomic mass is 10.2. The third-order valence-corrected chi connectivity index (χ3v) is 5.16. The van der Waals surface area contributed by atoms with Gasteiger partial charge in [0.05, 0.1) is 23.4 Å². The third-order valence-electron chi connectivity index (χ3n) is 3.53. The molecule has 0 saturated heterocycles. The first-order valence-electron chi connectivity index (χ1n) is 7.34. The highest BCUT2D eigenvalue weighted by Crippen LogP contribution is 2.23. The highest BCUT2D eigenvalue weighted by atomic mass is 35.5. The number of aromatic nitrogens is 2. The molecule has 1 aromatic heterocycles. The molecule has 0 atom stereocenters. The molecular weight excluding hydrogens is 382 g/mol. The number of hydrogen-bond acceptors (Lipinski definition) is 6. The summed E-state index contributed by atoms with van der Waals surface area (Å²) in [4.78, 5) is 11.9. The first kappa shape index (κ1) is 18.0. The molecule has 8 nitrogen and oxygen atoms in total. The summed E-state index contributed by atoms with van der Waals surface area (Å²) in [6.07, 6.45) is -0.167. The van der Waals surface area contributed by atoms with E-state index in [1.54, 1.807) is 13.0 Å². The van der Waals surface area contributed by atoms with Crippen molar-refractivity contribution in [2.24, 2.45) is 0 Å². The predicted octanol–water partition coefficient (Wildman–Crippen LogP) is 2.60. The number of halogens is 1. The Bertz CT molecular complexity index is 1100. The van der Waals surface area contributed by atoms with Crippen LogP contribution in [-0.4, -0.2) is 25.3 Å². The van der Waals surface area contributed by atoms with Crippen molar-refractivity contribution in [2.45, 2.75) is 11.8 Å². The molecule has 0 amide bonds. The number of hydrogen-bond donors (Lipinski definition) is 1. The van der Waals surface area contributed by atoms with Gasteiger partial charge in [-0.15, -0.1) is 0 Å².